The third-order valence-electron chi connectivity index (χ3n) is 0. The van der Waals surface area contributed by atoms with Crippen LogP contribution in [0.3, 0.4) is 0 Å². The van der Waals surface area contributed by atoms with Crippen LogP contribution in [0.15, 0.2) is 5.34 Å². The highest BCUT2D eigenvalue weighted by Gasteiger charge is 1.18. The molecule has 0 aromatic rings. The SMILES string of the molecule is O=NO.S. The lowest BCUT2D eigenvalue weighted by atomic mass is 13.4. The van der Waals surface area contributed by atoms with Crippen LogP contribution in [0, 0.1) is 4.91 Å². The van der Waals surface area contributed by atoms with Crippen LogP contribution >= 0.6 is 13.5 Å². The Morgan fingerprint density at radius 1 is 1.75 bits per heavy atom. The van der Waals surface area contributed by atoms with Crippen LogP contribution in [0.4, 0.5) is 0 Å². The average Bonchev–Trinajstić information content (AvgIpc) is 0.918. The Morgan fingerprint density at radius 2 is 1.75 bits per heavy atom. The Kier molecular flexibility index (Phi) is 34.7. The molecule has 0 aliphatic heterocycles. The molecule has 0 aromatic heterocycles. The van der Waals surface area contributed by atoms with E-state index in [-0.39, 0.29) is 13.5 Å². The summed E-state index contributed by atoms with van der Waals surface area (Å²) in [5.74, 6) is 0. The molecule has 0 atom stereocenters. The van der Waals surface area contributed by atoms with E-state index in [0.29, 0.717) is 0 Å². The third-order valence-corrected chi connectivity index (χ3v) is 0. The van der Waals surface area contributed by atoms with E-state index in [1.165, 1.54) is 5.34 Å². The lowest BCUT2D eigenvalue weighted by Crippen LogP contribution is -1.25. The molecule has 0 spiro atoms. The lowest BCUT2D eigenvalue weighted by molar-refractivity contribution is 0.312. The topological polar surface area (TPSA) is 49.7 Å². The fraction of sp³-hybridized carbons (Fsp3) is 0. The summed E-state index contributed by atoms with van der Waals surface area (Å²) in [5.41, 5.74) is 0. The second kappa shape index (κ2) is 15.0. The number of nitrogens with zero attached hydrogens (tertiary/aromatic N) is 1. The van der Waals surface area contributed by atoms with Crippen LogP contribution in [-0.2, 0) is 0 Å². The molecule has 4 heteroatoms. The lowest BCUT2D eigenvalue weighted by Gasteiger charge is -1.32. The summed E-state index contributed by atoms with van der Waals surface area (Å²) in [6.45, 7) is 0. The van der Waals surface area contributed by atoms with E-state index in [4.69, 9.17) is 10.1 Å². The van der Waals surface area contributed by atoms with Gasteiger partial charge < -0.3 is 5.21 Å². The van der Waals surface area contributed by atoms with Crippen molar-refractivity contribution in [3.05, 3.63) is 4.91 Å². The van der Waals surface area contributed by atoms with Crippen LogP contribution in [-0.4, -0.2) is 5.21 Å². The molecule has 0 aromatic carbocycles. The van der Waals surface area contributed by atoms with E-state index in [0.717, 1.165) is 0 Å². The first-order chi connectivity index (χ1) is 1.41. The highest BCUT2D eigenvalue weighted by molar-refractivity contribution is 7.59. The molecule has 1 N–H and O–H groups in total. The van der Waals surface area contributed by atoms with Crippen molar-refractivity contribution >= 4 is 13.5 Å². The maximum atomic E-state index is 8.11. The van der Waals surface area contributed by atoms with Gasteiger partial charge in [-0.05, 0) is 0 Å². The molecule has 26 valence electrons. The normalized spacial score (nSPS) is 3.00. The first kappa shape index (κ1) is 9.26. The van der Waals surface area contributed by atoms with Crippen molar-refractivity contribution in [1.82, 2.24) is 0 Å². The maximum absolute atomic E-state index is 8.11. The monoisotopic (exact) mass is 81.0 g/mol. The highest BCUT2D eigenvalue weighted by atomic mass is 32.1. The van der Waals surface area contributed by atoms with E-state index in [9.17, 15) is 0 Å². The third kappa shape index (κ3) is 15.7. The van der Waals surface area contributed by atoms with Gasteiger partial charge in [-0.15, -0.1) is 4.91 Å². The Morgan fingerprint density at radius 3 is 1.75 bits per heavy atom. The van der Waals surface area contributed by atoms with Gasteiger partial charge in [-0.3, -0.25) is 0 Å². The van der Waals surface area contributed by atoms with Crippen LogP contribution in [0.25, 0.3) is 0 Å². The fourth-order valence-corrected chi connectivity index (χ4v) is 0. The molecule has 0 aliphatic rings. The van der Waals surface area contributed by atoms with E-state index < -0.39 is 0 Å². The number of hydrogen-bond acceptors (Lipinski definition) is 2. The Bertz CT molecular complexity index is 13.5. The molecular weight excluding hydrogens is 78.1 g/mol. The first-order valence-corrected chi connectivity index (χ1v) is 0.383. The van der Waals surface area contributed by atoms with Crippen molar-refractivity contribution in [1.29, 1.82) is 0 Å². The molecule has 0 saturated carbocycles. The summed E-state index contributed by atoms with van der Waals surface area (Å²) >= 11 is 0. The summed E-state index contributed by atoms with van der Waals surface area (Å²) in [6.07, 6.45) is 0. The van der Waals surface area contributed by atoms with E-state index >= 15 is 0 Å². The van der Waals surface area contributed by atoms with Crippen molar-refractivity contribution in [2.45, 2.75) is 0 Å². The van der Waals surface area contributed by atoms with Gasteiger partial charge in [0.25, 0.3) is 0 Å². The van der Waals surface area contributed by atoms with Gasteiger partial charge in [-0.25, -0.2) is 0 Å². The zero-order valence-corrected chi connectivity index (χ0v) is 2.80. The van der Waals surface area contributed by atoms with Gasteiger partial charge >= 0.3 is 0 Å². The van der Waals surface area contributed by atoms with Crippen molar-refractivity contribution in [2.24, 2.45) is 5.34 Å². The van der Waals surface area contributed by atoms with Crippen LogP contribution in [0.1, 0.15) is 0 Å². The minimum atomic E-state index is 0. The van der Waals surface area contributed by atoms with Gasteiger partial charge in [0.2, 0.25) is 0 Å². The average molecular weight is 81.1 g/mol. The van der Waals surface area contributed by atoms with Crippen molar-refractivity contribution in [3.63, 3.8) is 0 Å². The second-order valence-corrected chi connectivity index (χ2v) is 0.0816. The Hall–Kier alpha value is -0.250. The molecule has 0 bridgehead atoms. The van der Waals surface area contributed by atoms with Gasteiger partial charge in [0, 0.05) is 0 Å². The zero-order chi connectivity index (χ0) is 2.71. The van der Waals surface area contributed by atoms with E-state index in [2.05, 4.69) is 0 Å². The molecule has 0 aliphatic carbocycles. The van der Waals surface area contributed by atoms with Crippen LogP contribution < -0.4 is 0 Å². The van der Waals surface area contributed by atoms with Crippen molar-refractivity contribution < 1.29 is 5.21 Å². The standard InChI is InChI=1S/HNO2.H2S/c2-1-3;/h(H,2,3);1H2. The molecule has 3 nitrogen and oxygen atoms in total. The summed E-state index contributed by atoms with van der Waals surface area (Å²) in [4.78, 5) is 8.11. The number of hydrogen-bond donors (Lipinski definition) is 1. The molecule has 4 heavy (non-hydrogen) atoms. The Labute approximate surface area is 30.0 Å². The van der Waals surface area contributed by atoms with Crippen LogP contribution in [0.5, 0.6) is 0 Å². The maximum Gasteiger partial charge on any atom is 0.152 e. The number of rotatable bonds is 0. The Balaban J connectivity index is 0. The smallest absolute Gasteiger partial charge is 0.152 e. The minimum Gasteiger partial charge on any atom is -0.379 e. The molecule has 0 amide bonds. The summed E-state index contributed by atoms with van der Waals surface area (Å²) in [6, 6.07) is 0. The molecule has 0 radical (unpaired) electrons. The van der Waals surface area contributed by atoms with Gasteiger partial charge in [-0.2, -0.15) is 13.5 Å². The molecule has 0 fully saturated rings. The molecule has 0 saturated heterocycles. The molecule has 0 heterocycles. The van der Waals surface area contributed by atoms with Gasteiger partial charge in [-0.1, -0.05) is 0 Å². The van der Waals surface area contributed by atoms with Gasteiger partial charge in [0.1, 0.15) is 0 Å². The van der Waals surface area contributed by atoms with Crippen molar-refractivity contribution in [2.75, 3.05) is 0 Å². The second-order valence-electron chi connectivity index (χ2n) is 0.0816. The highest BCUT2D eigenvalue weighted by Crippen LogP contribution is 1.25. The summed E-state index contributed by atoms with van der Waals surface area (Å²) in [5, 5.41) is 7.89. The summed E-state index contributed by atoms with van der Waals surface area (Å²) in [7, 11) is 0. The predicted octanol–water partition coefficient (Wildman–Crippen LogP) is 0.255. The van der Waals surface area contributed by atoms with Gasteiger partial charge in [0.05, 0.1) is 0 Å². The largest absolute Gasteiger partial charge is 0.379 e. The van der Waals surface area contributed by atoms with Crippen LogP contribution in [0.2, 0.25) is 0 Å². The van der Waals surface area contributed by atoms with Crippen molar-refractivity contribution in [3.8, 4) is 0 Å². The van der Waals surface area contributed by atoms with Gasteiger partial charge in [0.15, 0.2) is 5.34 Å². The minimum absolute atomic E-state index is 0. The van der Waals surface area contributed by atoms with E-state index in [1.807, 2.05) is 0 Å². The van der Waals surface area contributed by atoms with E-state index in [1.54, 1.807) is 0 Å². The summed E-state index contributed by atoms with van der Waals surface area (Å²) < 4.78 is 0. The zero-order valence-electron chi connectivity index (χ0n) is 1.80. The quantitative estimate of drug-likeness (QED) is 0.336. The molecular formula is H3NO2S. The first-order valence-electron chi connectivity index (χ1n) is 0.383. The molecule has 0 unspecified atom stereocenters. The predicted molar refractivity (Wildman–Crippen MR) is 18.0 cm³/mol. The fourth-order valence-electron chi connectivity index (χ4n) is 0. The molecule has 0 rings (SSSR count).